The number of likely N-dealkylation sites (N-methyl/N-ethyl adjacent to an activating group) is 1. The van der Waals surface area contributed by atoms with Gasteiger partial charge in [-0.25, -0.2) is 4.79 Å². The van der Waals surface area contributed by atoms with E-state index < -0.39 is 40.9 Å². The Morgan fingerprint density at radius 3 is 2.35 bits per heavy atom. The number of hydrogen-bond acceptors (Lipinski definition) is 6. The van der Waals surface area contributed by atoms with Gasteiger partial charge in [0.2, 0.25) is 5.91 Å². The molecule has 4 rings (SSSR count). The van der Waals surface area contributed by atoms with Gasteiger partial charge >= 0.3 is 6.09 Å². The number of nitrogens with one attached hydrogen (secondary N) is 1. The van der Waals surface area contributed by atoms with E-state index in [1.54, 1.807) is 70.3 Å². The van der Waals surface area contributed by atoms with Crippen LogP contribution in [0, 0.1) is 0 Å². The first-order valence-electron chi connectivity index (χ1n) is 10.8. The lowest BCUT2D eigenvalue weighted by Gasteiger charge is -2.38. The molecule has 2 aliphatic heterocycles. The fourth-order valence-corrected chi connectivity index (χ4v) is 4.70. The molecule has 9 heteroatoms. The summed E-state index contributed by atoms with van der Waals surface area (Å²) in [5.41, 5.74) is -1.32. The largest absolute Gasteiger partial charge is 0.497 e. The second-order valence-corrected chi connectivity index (χ2v) is 9.36. The number of carbonyl (C=O) groups is 4. The molecule has 9 nitrogen and oxygen atoms in total. The average Bonchev–Trinajstić information content (AvgIpc) is 3.17. The van der Waals surface area contributed by atoms with Crippen molar-refractivity contribution in [2.75, 3.05) is 24.0 Å². The van der Waals surface area contributed by atoms with Gasteiger partial charge in [-0.15, -0.1) is 0 Å². The molecule has 2 aromatic carbocycles. The van der Waals surface area contributed by atoms with Gasteiger partial charge < -0.3 is 19.7 Å². The van der Waals surface area contributed by atoms with E-state index in [2.05, 4.69) is 5.32 Å². The second-order valence-electron chi connectivity index (χ2n) is 9.36. The number of rotatable bonds is 3. The Morgan fingerprint density at radius 2 is 1.74 bits per heavy atom. The van der Waals surface area contributed by atoms with E-state index >= 15 is 0 Å². The maximum absolute atomic E-state index is 14.0. The molecule has 0 aromatic heterocycles. The molecule has 3 amide bonds. The molecular weight excluding hydrogens is 438 g/mol. The number of Topliss-reactive ketones (excluding diaryl/α,β-unsaturated/α-hetero) is 1. The molecule has 2 atom stereocenters. The molecule has 178 valence electrons. The predicted octanol–water partition coefficient (Wildman–Crippen LogP) is 3.01. The zero-order valence-electron chi connectivity index (χ0n) is 20.0. The number of fused-ring (bicyclic) bond motifs is 2. The summed E-state index contributed by atoms with van der Waals surface area (Å²) in [5.74, 6) is -1.05. The van der Waals surface area contributed by atoms with Crippen LogP contribution in [0.25, 0.3) is 0 Å². The van der Waals surface area contributed by atoms with Crippen molar-refractivity contribution in [3.63, 3.8) is 0 Å². The molecule has 0 saturated carbocycles. The Bertz CT molecular complexity index is 1220. The van der Waals surface area contributed by atoms with Crippen LogP contribution in [-0.4, -0.2) is 49.5 Å². The Hall–Kier alpha value is -3.88. The first-order chi connectivity index (χ1) is 15.9. The second kappa shape index (κ2) is 7.86. The van der Waals surface area contributed by atoms with E-state index in [0.29, 0.717) is 28.3 Å². The standard InChI is InChI=1S/C25H27N3O6/c1-14(29)28-18-10-8-7-9-16(18)20(30)21(28)25(26-23(32)34-24(2,3)4)17-13-15(33-6)11-12-19(17)27(5)22(25)31/h7-13,21H,1-6H3,(H,26,32)/t21?,25-/m0/s1. The van der Waals surface area contributed by atoms with E-state index in [1.165, 1.54) is 23.8 Å². The average molecular weight is 466 g/mol. The van der Waals surface area contributed by atoms with Crippen molar-refractivity contribution >= 4 is 35.1 Å². The number of benzene rings is 2. The Kier molecular flexibility index (Phi) is 5.38. The minimum atomic E-state index is -1.94. The fraction of sp³-hybridized carbons (Fsp3) is 0.360. The van der Waals surface area contributed by atoms with Crippen LogP contribution in [0.3, 0.4) is 0 Å². The van der Waals surface area contributed by atoms with E-state index in [-0.39, 0.29) is 0 Å². The van der Waals surface area contributed by atoms with Gasteiger partial charge in [-0.2, -0.15) is 0 Å². The first-order valence-corrected chi connectivity index (χ1v) is 10.8. The summed E-state index contributed by atoms with van der Waals surface area (Å²) >= 11 is 0. The van der Waals surface area contributed by atoms with E-state index in [0.717, 1.165) is 0 Å². The Balaban J connectivity index is 1.99. The van der Waals surface area contributed by atoms with Crippen LogP contribution < -0.4 is 19.9 Å². The third-order valence-electron chi connectivity index (χ3n) is 6.02. The maximum atomic E-state index is 14.0. The Morgan fingerprint density at radius 1 is 1.06 bits per heavy atom. The molecule has 2 heterocycles. The monoisotopic (exact) mass is 465 g/mol. The van der Waals surface area contributed by atoms with Crippen molar-refractivity contribution in [1.29, 1.82) is 0 Å². The highest BCUT2D eigenvalue weighted by Gasteiger charge is 2.63. The lowest BCUT2D eigenvalue weighted by atomic mass is 9.80. The molecule has 1 N–H and O–H groups in total. The summed E-state index contributed by atoms with van der Waals surface area (Å²) in [6.45, 7) is 6.39. The van der Waals surface area contributed by atoms with Crippen LogP contribution in [0.5, 0.6) is 5.75 Å². The number of nitrogens with zero attached hydrogens (tertiary/aromatic N) is 2. The number of hydrogen-bond donors (Lipinski definition) is 1. The summed E-state index contributed by atoms with van der Waals surface area (Å²) in [4.78, 5) is 56.4. The summed E-state index contributed by atoms with van der Waals surface area (Å²) in [7, 11) is 3.03. The van der Waals surface area contributed by atoms with E-state index in [9.17, 15) is 19.2 Å². The maximum Gasteiger partial charge on any atom is 0.408 e. The molecule has 2 aromatic rings. The van der Waals surface area contributed by atoms with Gasteiger partial charge in [-0.05, 0) is 51.1 Å². The van der Waals surface area contributed by atoms with Crippen molar-refractivity contribution in [3.05, 3.63) is 53.6 Å². The molecule has 0 saturated heterocycles. The van der Waals surface area contributed by atoms with Crippen molar-refractivity contribution in [3.8, 4) is 5.75 Å². The summed E-state index contributed by atoms with van der Waals surface area (Å²) in [6.07, 6.45) is -0.892. The van der Waals surface area contributed by atoms with Crippen LogP contribution in [0.1, 0.15) is 43.6 Å². The van der Waals surface area contributed by atoms with Crippen LogP contribution in [-0.2, 0) is 19.9 Å². The minimum Gasteiger partial charge on any atom is -0.497 e. The van der Waals surface area contributed by atoms with Gasteiger partial charge in [0.1, 0.15) is 17.4 Å². The zero-order chi connectivity index (χ0) is 25.0. The van der Waals surface area contributed by atoms with Crippen molar-refractivity contribution in [1.82, 2.24) is 5.32 Å². The molecule has 0 aliphatic carbocycles. The molecular formula is C25H27N3O6. The highest BCUT2D eigenvalue weighted by atomic mass is 16.6. The van der Waals surface area contributed by atoms with Crippen molar-refractivity contribution in [2.45, 2.75) is 44.9 Å². The van der Waals surface area contributed by atoms with Crippen LogP contribution in [0.4, 0.5) is 16.2 Å². The number of amides is 3. The Labute approximate surface area is 197 Å². The van der Waals surface area contributed by atoms with Gasteiger partial charge in [0, 0.05) is 30.8 Å². The number of para-hydroxylation sites is 1. The normalized spacial score (nSPS) is 21.3. The smallest absolute Gasteiger partial charge is 0.408 e. The number of anilines is 2. The van der Waals surface area contributed by atoms with Gasteiger partial charge in [0.05, 0.1) is 12.8 Å². The van der Waals surface area contributed by atoms with Crippen LogP contribution >= 0.6 is 0 Å². The van der Waals surface area contributed by atoms with E-state index in [1.807, 2.05) is 0 Å². The lowest BCUT2D eigenvalue weighted by molar-refractivity contribution is -0.125. The molecule has 0 bridgehead atoms. The first kappa shape index (κ1) is 23.3. The van der Waals surface area contributed by atoms with Crippen molar-refractivity contribution in [2.24, 2.45) is 0 Å². The van der Waals surface area contributed by atoms with Gasteiger partial charge in [-0.1, -0.05) is 12.1 Å². The number of ether oxygens (including phenoxy) is 2. The zero-order valence-corrected chi connectivity index (χ0v) is 20.0. The highest BCUT2D eigenvalue weighted by Crippen LogP contribution is 2.49. The minimum absolute atomic E-state index is 0.292. The molecule has 1 unspecified atom stereocenters. The number of alkyl carbamates (subject to hydrolysis) is 1. The lowest BCUT2D eigenvalue weighted by Crippen LogP contribution is -2.66. The van der Waals surface area contributed by atoms with Crippen molar-refractivity contribution < 1.29 is 28.7 Å². The third-order valence-corrected chi connectivity index (χ3v) is 6.02. The van der Waals surface area contributed by atoms with Gasteiger partial charge in [0.15, 0.2) is 11.3 Å². The highest BCUT2D eigenvalue weighted by molar-refractivity contribution is 6.23. The predicted molar refractivity (Wildman–Crippen MR) is 125 cm³/mol. The van der Waals surface area contributed by atoms with Gasteiger partial charge in [0.25, 0.3) is 5.91 Å². The summed E-state index contributed by atoms with van der Waals surface area (Å²) < 4.78 is 10.9. The third kappa shape index (κ3) is 3.39. The summed E-state index contributed by atoms with van der Waals surface area (Å²) in [5, 5.41) is 2.71. The van der Waals surface area contributed by atoms with Crippen LogP contribution in [0.2, 0.25) is 0 Å². The fourth-order valence-electron chi connectivity index (χ4n) is 4.70. The number of methoxy groups -OCH3 is 1. The van der Waals surface area contributed by atoms with Gasteiger partial charge in [-0.3, -0.25) is 19.3 Å². The quantitative estimate of drug-likeness (QED) is 0.747. The molecule has 0 radical (unpaired) electrons. The van der Waals surface area contributed by atoms with E-state index in [4.69, 9.17) is 9.47 Å². The molecule has 2 aliphatic rings. The number of ketones is 1. The molecule has 0 spiro atoms. The topological polar surface area (TPSA) is 105 Å². The SMILES string of the molecule is COc1ccc2c(c1)[C@](NC(=O)OC(C)(C)C)(C1C(=O)c3ccccc3N1C(C)=O)C(=O)N2C. The van der Waals surface area contributed by atoms with Crippen LogP contribution in [0.15, 0.2) is 42.5 Å². The summed E-state index contributed by atoms with van der Waals surface area (Å²) in [6, 6.07) is 10.2. The molecule has 0 fully saturated rings. The molecule has 34 heavy (non-hydrogen) atoms. The number of carbonyl (C=O) groups excluding carboxylic acids is 4.